The largest absolute Gasteiger partial charge is 0.492 e. The van der Waals surface area contributed by atoms with Crippen LogP contribution in [0.3, 0.4) is 0 Å². The number of fused-ring (bicyclic) bond motifs is 1. The van der Waals surface area contributed by atoms with Crippen molar-refractivity contribution in [3.8, 4) is 23.0 Å². The molecule has 0 spiro atoms. The molecule has 0 fully saturated rings. The summed E-state index contributed by atoms with van der Waals surface area (Å²) in [5.74, 6) is 1.89. The van der Waals surface area contributed by atoms with E-state index in [2.05, 4.69) is 0 Å². The molecule has 6 heteroatoms. The van der Waals surface area contributed by atoms with Crippen LogP contribution in [-0.4, -0.2) is 32.0 Å². The summed E-state index contributed by atoms with van der Waals surface area (Å²) in [5.41, 5.74) is 7.71. The first-order chi connectivity index (χ1) is 11.7. The van der Waals surface area contributed by atoms with Crippen molar-refractivity contribution in [1.29, 1.82) is 0 Å². The Bertz CT molecular complexity index is 704. The average Bonchev–Trinajstić information content (AvgIpc) is 2.62. The highest BCUT2D eigenvalue weighted by atomic mass is 16.5. The summed E-state index contributed by atoms with van der Waals surface area (Å²) in [4.78, 5) is 0. The number of hydrogen-bond acceptors (Lipinski definition) is 6. The molecule has 0 aliphatic carbocycles. The van der Waals surface area contributed by atoms with E-state index in [9.17, 15) is 5.11 Å². The highest BCUT2D eigenvalue weighted by Gasteiger charge is 2.33. The van der Waals surface area contributed by atoms with Crippen LogP contribution < -0.4 is 24.7 Å². The summed E-state index contributed by atoms with van der Waals surface area (Å²) >= 11 is 0. The second-order valence-electron chi connectivity index (χ2n) is 5.53. The van der Waals surface area contributed by atoms with Crippen LogP contribution >= 0.6 is 0 Å². The molecule has 3 N–H and O–H groups in total. The molecule has 2 atom stereocenters. The van der Waals surface area contributed by atoms with Crippen molar-refractivity contribution in [1.82, 2.24) is 0 Å². The van der Waals surface area contributed by atoms with E-state index in [0.717, 1.165) is 5.56 Å². The van der Waals surface area contributed by atoms with Gasteiger partial charge in [-0.2, -0.15) is 0 Å². The second kappa shape index (κ2) is 6.98. The Hall–Kier alpha value is -2.44. The van der Waals surface area contributed by atoms with Gasteiger partial charge in [0.25, 0.3) is 0 Å². The van der Waals surface area contributed by atoms with Crippen LogP contribution in [0.4, 0.5) is 0 Å². The Labute approximate surface area is 140 Å². The number of ether oxygens (including phenoxy) is 4. The molecule has 0 radical (unpaired) electrons. The quantitative estimate of drug-likeness (QED) is 0.872. The van der Waals surface area contributed by atoms with Crippen LogP contribution in [0.25, 0.3) is 0 Å². The molecule has 0 aromatic heterocycles. The Kier molecular flexibility index (Phi) is 4.78. The Morgan fingerprint density at radius 2 is 1.88 bits per heavy atom. The summed E-state index contributed by atoms with van der Waals surface area (Å²) in [6.45, 7) is 0.510. The van der Waals surface area contributed by atoms with Gasteiger partial charge in [-0.1, -0.05) is 30.3 Å². The lowest BCUT2D eigenvalue weighted by atomic mass is 9.97. The molecule has 3 rings (SSSR count). The number of aliphatic hydroxyl groups excluding tert-OH is 1. The zero-order valence-electron chi connectivity index (χ0n) is 13.7. The van der Waals surface area contributed by atoms with Crippen LogP contribution in [0.1, 0.15) is 17.2 Å². The maximum atomic E-state index is 9.95. The monoisotopic (exact) mass is 331 g/mol. The van der Waals surface area contributed by atoms with E-state index in [1.165, 1.54) is 14.2 Å². The zero-order valence-corrected chi connectivity index (χ0v) is 13.7. The summed E-state index contributed by atoms with van der Waals surface area (Å²) in [7, 11) is 3.05. The third-order valence-electron chi connectivity index (χ3n) is 4.01. The highest BCUT2D eigenvalue weighted by Crippen LogP contribution is 2.49. The van der Waals surface area contributed by atoms with Crippen molar-refractivity contribution in [2.45, 2.75) is 18.8 Å². The maximum Gasteiger partial charge on any atom is 0.203 e. The van der Waals surface area contributed by atoms with Crippen LogP contribution in [0.5, 0.6) is 23.0 Å². The van der Waals surface area contributed by atoms with Crippen LogP contribution in [0.15, 0.2) is 36.4 Å². The molecule has 1 aliphatic heterocycles. The van der Waals surface area contributed by atoms with Gasteiger partial charge in [0.05, 0.1) is 25.8 Å². The second-order valence-corrected chi connectivity index (χ2v) is 5.53. The van der Waals surface area contributed by atoms with E-state index in [1.807, 2.05) is 30.3 Å². The molecule has 0 saturated heterocycles. The third-order valence-corrected chi connectivity index (χ3v) is 4.01. The molecular formula is C18H21NO5. The summed E-state index contributed by atoms with van der Waals surface area (Å²) in [5, 5.41) is 9.95. The van der Waals surface area contributed by atoms with E-state index < -0.39 is 12.1 Å². The molecule has 0 unspecified atom stereocenters. The molecular weight excluding hydrogens is 310 g/mol. The maximum absolute atomic E-state index is 9.95. The first kappa shape index (κ1) is 16.4. The van der Waals surface area contributed by atoms with Gasteiger partial charge in [0, 0.05) is 6.07 Å². The average molecular weight is 331 g/mol. The van der Waals surface area contributed by atoms with Crippen molar-refractivity contribution in [3.05, 3.63) is 47.5 Å². The summed E-state index contributed by atoms with van der Waals surface area (Å²) in [6.07, 6.45) is -0.799. The lowest BCUT2D eigenvalue weighted by molar-refractivity contribution is 0.0658. The SMILES string of the molecule is COc1c(OCc2ccccc2)cc2c(c1OC)[C@@H](N)[C@@H](O)CO2. The highest BCUT2D eigenvalue weighted by molar-refractivity contribution is 5.63. The summed E-state index contributed by atoms with van der Waals surface area (Å²) in [6, 6.07) is 10.9. The molecule has 0 saturated carbocycles. The number of methoxy groups -OCH3 is 2. The zero-order chi connectivity index (χ0) is 17.1. The van der Waals surface area contributed by atoms with E-state index in [4.69, 9.17) is 24.7 Å². The van der Waals surface area contributed by atoms with Crippen LogP contribution in [-0.2, 0) is 6.61 Å². The Morgan fingerprint density at radius 1 is 1.17 bits per heavy atom. The van der Waals surface area contributed by atoms with Gasteiger partial charge >= 0.3 is 0 Å². The fourth-order valence-corrected chi connectivity index (χ4v) is 2.75. The van der Waals surface area contributed by atoms with Crippen LogP contribution in [0, 0.1) is 0 Å². The molecule has 1 aliphatic rings. The standard InChI is InChI=1S/C18H21NO5/c1-21-17-14(23-9-11-6-4-3-5-7-11)8-13-15(18(17)22-2)16(19)12(20)10-24-13/h3-8,12,16,20H,9-10,19H2,1-2H3/t12-,16-/m0/s1. The van der Waals surface area contributed by atoms with Crippen molar-refractivity contribution >= 4 is 0 Å². The normalized spacial score (nSPS) is 19.2. The molecule has 2 aromatic rings. The first-order valence-corrected chi connectivity index (χ1v) is 7.67. The number of aliphatic hydroxyl groups is 1. The van der Waals surface area contributed by atoms with Gasteiger partial charge in [0.1, 0.15) is 25.1 Å². The van der Waals surface area contributed by atoms with Crippen molar-refractivity contribution in [3.63, 3.8) is 0 Å². The van der Waals surface area contributed by atoms with Crippen molar-refractivity contribution in [2.24, 2.45) is 5.73 Å². The fourth-order valence-electron chi connectivity index (χ4n) is 2.75. The molecule has 6 nitrogen and oxygen atoms in total. The third kappa shape index (κ3) is 2.98. The van der Waals surface area contributed by atoms with E-state index in [-0.39, 0.29) is 6.61 Å². The molecule has 0 bridgehead atoms. The summed E-state index contributed by atoms with van der Waals surface area (Å²) < 4.78 is 22.4. The van der Waals surface area contributed by atoms with E-state index in [0.29, 0.717) is 35.2 Å². The van der Waals surface area contributed by atoms with Gasteiger partial charge in [0.15, 0.2) is 11.5 Å². The van der Waals surface area contributed by atoms with E-state index >= 15 is 0 Å². The number of benzene rings is 2. The topological polar surface area (TPSA) is 83.2 Å². The Balaban J connectivity index is 1.98. The molecule has 128 valence electrons. The van der Waals surface area contributed by atoms with Gasteiger partial charge in [-0.25, -0.2) is 0 Å². The molecule has 1 heterocycles. The van der Waals surface area contributed by atoms with Crippen molar-refractivity contribution < 1.29 is 24.1 Å². The minimum Gasteiger partial charge on any atom is -0.492 e. The minimum absolute atomic E-state index is 0.127. The van der Waals surface area contributed by atoms with E-state index in [1.54, 1.807) is 6.07 Å². The van der Waals surface area contributed by atoms with Gasteiger partial charge < -0.3 is 29.8 Å². The molecule has 0 amide bonds. The van der Waals surface area contributed by atoms with Gasteiger partial charge in [-0.05, 0) is 5.56 Å². The number of hydrogen-bond donors (Lipinski definition) is 2. The Morgan fingerprint density at radius 3 is 2.54 bits per heavy atom. The molecule has 2 aromatic carbocycles. The first-order valence-electron chi connectivity index (χ1n) is 7.67. The fraction of sp³-hybridized carbons (Fsp3) is 0.333. The lowest BCUT2D eigenvalue weighted by Gasteiger charge is -2.30. The smallest absolute Gasteiger partial charge is 0.203 e. The van der Waals surface area contributed by atoms with Gasteiger partial charge in [-0.15, -0.1) is 0 Å². The lowest BCUT2D eigenvalue weighted by Crippen LogP contribution is -2.36. The minimum atomic E-state index is -0.799. The molecule has 24 heavy (non-hydrogen) atoms. The number of nitrogens with two attached hydrogens (primary N) is 1. The van der Waals surface area contributed by atoms with Gasteiger partial charge in [-0.3, -0.25) is 0 Å². The van der Waals surface area contributed by atoms with Crippen molar-refractivity contribution in [2.75, 3.05) is 20.8 Å². The predicted octanol–water partition coefficient (Wildman–Crippen LogP) is 2.04. The number of rotatable bonds is 5. The van der Waals surface area contributed by atoms with Gasteiger partial charge in [0.2, 0.25) is 5.75 Å². The van der Waals surface area contributed by atoms with Crippen LogP contribution in [0.2, 0.25) is 0 Å². The predicted molar refractivity (Wildman–Crippen MR) is 88.8 cm³/mol.